The Morgan fingerprint density at radius 3 is 1.21 bits per heavy atom. The molecule has 14 heteroatoms. The molecule has 0 radical (unpaired) electrons. The molecule has 0 aromatic rings. The SMILES string of the molecule is CC/C=C\C/C=C\C/C=C\C/C=C\C/C=C\C/C=C\C/C=C\CCCCCCCCCC(=O)NC(COC1OC(CO)C(OC2OC(CO)C(O)C(O)C2O)C(O)C1O)C(O)/C=C/CC/C=C/CC/C=C/CCCCCCCCCCCCCCCCCCCC. The number of hydrogen-bond acceptors (Lipinski definition) is 13. The van der Waals surface area contributed by atoms with E-state index in [1.165, 1.54) is 116 Å². The third-order valence-electron chi connectivity index (χ3n) is 16.9. The van der Waals surface area contributed by atoms with E-state index in [0.717, 1.165) is 116 Å². The molecule has 0 saturated carbocycles. The van der Waals surface area contributed by atoms with Crippen molar-refractivity contribution in [2.24, 2.45) is 0 Å². The minimum absolute atomic E-state index is 0.249. The van der Waals surface area contributed by atoms with Crippen LogP contribution in [0.3, 0.4) is 0 Å². The molecule has 2 rings (SSSR count). The van der Waals surface area contributed by atoms with Crippen LogP contribution in [0.4, 0.5) is 0 Å². The fourth-order valence-electron chi connectivity index (χ4n) is 11.1. The molecular weight excluding hydrogens is 1150 g/mol. The lowest BCUT2D eigenvalue weighted by atomic mass is 9.97. The van der Waals surface area contributed by atoms with Crippen molar-refractivity contribution in [1.29, 1.82) is 0 Å². The van der Waals surface area contributed by atoms with Crippen LogP contribution in [0.5, 0.6) is 0 Å². The molecule has 12 unspecified atom stereocenters. The smallest absolute Gasteiger partial charge is 0.220 e. The summed E-state index contributed by atoms with van der Waals surface area (Å²) < 4.78 is 22.8. The van der Waals surface area contributed by atoms with Crippen molar-refractivity contribution in [3.05, 3.63) is 122 Å². The first-order valence-electron chi connectivity index (χ1n) is 36.3. The third-order valence-corrected chi connectivity index (χ3v) is 16.9. The zero-order valence-electron chi connectivity index (χ0n) is 56.8. The maximum atomic E-state index is 13.3. The minimum atomic E-state index is -1.80. The summed E-state index contributed by atoms with van der Waals surface area (Å²) in [5, 5.41) is 87.5. The number of unbranched alkanes of at least 4 members (excludes halogenated alkanes) is 27. The van der Waals surface area contributed by atoms with Crippen LogP contribution in [0.15, 0.2) is 122 Å². The van der Waals surface area contributed by atoms with E-state index in [-0.39, 0.29) is 18.9 Å². The third kappa shape index (κ3) is 43.9. The van der Waals surface area contributed by atoms with Crippen molar-refractivity contribution in [2.75, 3.05) is 19.8 Å². The summed E-state index contributed by atoms with van der Waals surface area (Å²) in [7, 11) is 0. The van der Waals surface area contributed by atoms with Gasteiger partial charge in [0.25, 0.3) is 0 Å². The Morgan fingerprint density at radius 2 is 0.769 bits per heavy atom. The van der Waals surface area contributed by atoms with Gasteiger partial charge >= 0.3 is 0 Å². The number of hydrogen-bond donors (Lipinski definition) is 9. The van der Waals surface area contributed by atoms with Gasteiger partial charge in [0, 0.05) is 6.42 Å². The van der Waals surface area contributed by atoms with Gasteiger partial charge < -0.3 is 65.1 Å². The number of allylic oxidation sites excluding steroid dienone is 19. The molecule has 0 spiro atoms. The first-order valence-corrected chi connectivity index (χ1v) is 36.3. The molecule has 522 valence electrons. The molecule has 2 aliphatic heterocycles. The molecule has 0 aliphatic carbocycles. The molecule has 91 heavy (non-hydrogen) atoms. The fraction of sp³-hybridized carbons (Fsp3) is 0.727. The van der Waals surface area contributed by atoms with Gasteiger partial charge in [0.15, 0.2) is 12.6 Å². The van der Waals surface area contributed by atoms with Gasteiger partial charge in [0.1, 0.15) is 48.8 Å². The predicted octanol–water partition coefficient (Wildman–Crippen LogP) is 15.3. The Kier molecular flexibility index (Phi) is 55.1. The van der Waals surface area contributed by atoms with E-state index in [4.69, 9.17) is 18.9 Å². The summed E-state index contributed by atoms with van der Waals surface area (Å²) in [5.41, 5.74) is 0. The molecule has 1 amide bonds. The standard InChI is InChI=1S/C77H131NO13/c1-3-5-7-9-11-13-15-17-19-21-23-25-27-29-31-33-35-37-39-41-43-45-47-49-51-53-55-57-59-61-69(82)78-65(64-88-76-74(87)72(85)75(68(63-80)90-76)91-77-73(86)71(84)70(83)67(62-79)89-77)66(81)60-58-56-54-52-50-48-46-44-42-40-38-36-34-32-30-28-26-24-22-20-18-16-14-12-10-8-6-4-2/h5,7,11,13,17,19,23,25,29,31,35,37,41-44,50,52,58,60,65-68,70-77,79-81,83-87H,3-4,6,8-10,12,14-16,18,20-22,24,26-28,30,32-34,36,38-40,45-49,51,53-57,59,61-64H2,1-2H3,(H,78,82)/b7-5-,13-11-,19-17-,25-23-,31-29-,37-35-,43-41-,44-42+,52-50+,60-58+. The molecule has 0 aromatic heterocycles. The number of nitrogens with one attached hydrogen (secondary N) is 1. The number of amides is 1. The lowest BCUT2D eigenvalue weighted by Gasteiger charge is -2.46. The number of rotatable bonds is 58. The maximum absolute atomic E-state index is 13.3. The normalized spacial score (nSPS) is 23.5. The molecule has 12 atom stereocenters. The predicted molar refractivity (Wildman–Crippen MR) is 373 cm³/mol. The van der Waals surface area contributed by atoms with Crippen LogP contribution in [0.2, 0.25) is 0 Å². The topological polar surface area (TPSA) is 228 Å². The average molecular weight is 1280 g/mol. The van der Waals surface area contributed by atoms with Gasteiger partial charge in [-0.3, -0.25) is 4.79 Å². The number of aliphatic hydroxyl groups is 8. The molecule has 9 N–H and O–H groups in total. The Labute approximate surface area is 552 Å². The van der Waals surface area contributed by atoms with E-state index in [2.05, 4.69) is 129 Å². The summed E-state index contributed by atoms with van der Waals surface area (Å²) in [6.07, 6.45) is 71.1. The fourth-order valence-corrected chi connectivity index (χ4v) is 11.1. The molecule has 0 bridgehead atoms. The highest BCUT2D eigenvalue weighted by Crippen LogP contribution is 2.30. The van der Waals surface area contributed by atoms with Gasteiger partial charge in [0.05, 0.1) is 32.0 Å². The number of aliphatic hydroxyl groups excluding tert-OH is 8. The molecule has 2 fully saturated rings. The van der Waals surface area contributed by atoms with Crippen LogP contribution in [0.1, 0.15) is 264 Å². The molecule has 2 heterocycles. The summed E-state index contributed by atoms with van der Waals surface area (Å²) in [6, 6.07) is -0.955. The van der Waals surface area contributed by atoms with Crippen LogP contribution in [0, 0.1) is 0 Å². The number of carbonyl (C=O) groups excluding carboxylic acids is 1. The van der Waals surface area contributed by atoms with E-state index < -0.39 is 86.8 Å². The average Bonchev–Trinajstić information content (AvgIpc) is 1.06. The van der Waals surface area contributed by atoms with E-state index in [1.807, 2.05) is 6.08 Å². The zero-order valence-corrected chi connectivity index (χ0v) is 56.8. The first-order chi connectivity index (χ1) is 44.6. The van der Waals surface area contributed by atoms with Crippen molar-refractivity contribution in [2.45, 2.75) is 338 Å². The number of ether oxygens (including phenoxy) is 4. The van der Waals surface area contributed by atoms with Crippen molar-refractivity contribution in [3.8, 4) is 0 Å². The second-order valence-electron chi connectivity index (χ2n) is 25.0. The Bertz CT molecular complexity index is 1990. The van der Waals surface area contributed by atoms with Crippen LogP contribution >= 0.6 is 0 Å². The Balaban J connectivity index is 1.72. The minimum Gasteiger partial charge on any atom is -0.394 e. The summed E-state index contributed by atoms with van der Waals surface area (Å²) in [4.78, 5) is 13.3. The van der Waals surface area contributed by atoms with Gasteiger partial charge in [-0.05, 0) is 103 Å². The monoisotopic (exact) mass is 1280 g/mol. The highest BCUT2D eigenvalue weighted by Gasteiger charge is 2.51. The Hall–Kier alpha value is -3.61. The van der Waals surface area contributed by atoms with Crippen molar-refractivity contribution >= 4 is 5.91 Å². The molecule has 14 nitrogen and oxygen atoms in total. The van der Waals surface area contributed by atoms with Crippen LogP contribution < -0.4 is 5.32 Å². The highest BCUT2D eigenvalue weighted by atomic mass is 16.7. The van der Waals surface area contributed by atoms with E-state index in [1.54, 1.807) is 6.08 Å². The molecule has 2 aliphatic rings. The van der Waals surface area contributed by atoms with Crippen LogP contribution in [0.25, 0.3) is 0 Å². The highest BCUT2D eigenvalue weighted by molar-refractivity contribution is 5.76. The maximum Gasteiger partial charge on any atom is 0.220 e. The molecule has 0 aromatic carbocycles. The lowest BCUT2D eigenvalue weighted by Crippen LogP contribution is -2.65. The summed E-state index contributed by atoms with van der Waals surface area (Å²) in [6.45, 7) is 2.67. The largest absolute Gasteiger partial charge is 0.394 e. The zero-order chi connectivity index (χ0) is 65.9. The second kappa shape index (κ2) is 60.1. The van der Waals surface area contributed by atoms with Gasteiger partial charge in [-0.1, -0.05) is 277 Å². The van der Waals surface area contributed by atoms with Crippen LogP contribution in [-0.2, 0) is 23.7 Å². The van der Waals surface area contributed by atoms with Crippen molar-refractivity contribution < 1.29 is 64.6 Å². The van der Waals surface area contributed by atoms with Gasteiger partial charge in [0.2, 0.25) is 5.91 Å². The molecule has 2 saturated heterocycles. The second-order valence-corrected chi connectivity index (χ2v) is 25.0. The van der Waals surface area contributed by atoms with Crippen molar-refractivity contribution in [1.82, 2.24) is 5.32 Å². The van der Waals surface area contributed by atoms with Crippen LogP contribution in [-0.4, -0.2) is 140 Å². The summed E-state index contributed by atoms with van der Waals surface area (Å²) in [5.74, 6) is -0.268. The quantitative estimate of drug-likeness (QED) is 0.0204. The van der Waals surface area contributed by atoms with E-state index in [9.17, 15) is 45.6 Å². The Morgan fingerprint density at radius 1 is 0.407 bits per heavy atom. The lowest BCUT2D eigenvalue weighted by molar-refractivity contribution is -0.359. The number of carbonyl (C=O) groups is 1. The van der Waals surface area contributed by atoms with Crippen molar-refractivity contribution in [3.63, 3.8) is 0 Å². The summed E-state index contributed by atoms with van der Waals surface area (Å²) >= 11 is 0. The van der Waals surface area contributed by atoms with Gasteiger partial charge in [-0.2, -0.15) is 0 Å². The van der Waals surface area contributed by atoms with E-state index >= 15 is 0 Å². The molecular formula is C77H131NO13. The van der Waals surface area contributed by atoms with Gasteiger partial charge in [-0.25, -0.2) is 0 Å². The van der Waals surface area contributed by atoms with Gasteiger partial charge in [-0.15, -0.1) is 0 Å². The van der Waals surface area contributed by atoms with E-state index in [0.29, 0.717) is 12.8 Å². The first kappa shape index (κ1) is 83.5.